The largest absolute Gasteiger partial charge is 0.382 e. The van der Waals surface area contributed by atoms with Gasteiger partial charge in [0.25, 0.3) is 11.6 Å². The number of nitro benzene ring substituents is 1. The topological polar surface area (TPSA) is 124 Å². The molecule has 2 aromatic rings. The molecule has 0 saturated carbocycles. The second-order valence-electron chi connectivity index (χ2n) is 4.04. The number of nitrogens with two attached hydrogens (primary N) is 1. The maximum absolute atomic E-state index is 11.9. The molecule has 20 heavy (non-hydrogen) atoms. The summed E-state index contributed by atoms with van der Waals surface area (Å²) in [5.74, 6) is -0.251. The van der Waals surface area contributed by atoms with Gasteiger partial charge in [0.15, 0.2) is 0 Å². The van der Waals surface area contributed by atoms with Crippen molar-refractivity contribution in [1.29, 1.82) is 0 Å². The van der Waals surface area contributed by atoms with Crippen LogP contribution in [0.1, 0.15) is 16.1 Å². The van der Waals surface area contributed by atoms with Gasteiger partial charge in [-0.1, -0.05) is 0 Å². The molecule has 0 spiro atoms. The zero-order valence-corrected chi connectivity index (χ0v) is 10.5. The number of nitrogens with one attached hydrogen (secondary N) is 1. The molecule has 0 saturated heterocycles. The molecule has 0 fully saturated rings. The van der Waals surface area contributed by atoms with Crippen molar-refractivity contribution < 1.29 is 9.72 Å². The van der Waals surface area contributed by atoms with Crippen molar-refractivity contribution in [3.05, 3.63) is 52.0 Å². The molecule has 3 N–H and O–H groups in total. The first-order valence-corrected chi connectivity index (χ1v) is 5.61. The number of anilines is 2. The Morgan fingerprint density at radius 2 is 2.10 bits per heavy atom. The van der Waals surface area contributed by atoms with Gasteiger partial charge in [-0.15, -0.1) is 0 Å². The summed E-state index contributed by atoms with van der Waals surface area (Å²) in [5, 5.41) is 13.3. The first-order chi connectivity index (χ1) is 9.47. The van der Waals surface area contributed by atoms with E-state index in [0.29, 0.717) is 11.3 Å². The Labute approximate surface area is 113 Å². The number of nitrogens with zero attached hydrogens (tertiary/aromatic N) is 3. The van der Waals surface area contributed by atoms with Gasteiger partial charge in [-0.2, -0.15) is 0 Å². The molecule has 0 aliphatic carbocycles. The van der Waals surface area contributed by atoms with Crippen molar-refractivity contribution in [3.63, 3.8) is 0 Å². The van der Waals surface area contributed by atoms with Crippen LogP contribution in [0.25, 0.3) is 0 Å². The van der Waals surface area contributed by atoms with E-state index in [9.17, 15) is 14.9 Å². The normalized spacial score (nSPS) is 10.1. The van der Waals surface area contributed by atoms with Gasteiger partial charge in [0, 0.05) is 17.3 Å². The summed E-state index contributed by atoms with van der Waals surface area (Å²) >= 11 is 0. The van der Waals surface area contributed by atoms with Crippen LogP contribution in [-0.4, -0.2) is 20.8 Å². The first-order valence-electron chi connectivity index (χ1n) is 5.61. The summed E-state index contributed by atoms with van der Waals surface area (Å²) in [7, 11) is 0. The number of nitrogen functional groups attached to an aromatic ring is 1. The van der Waals surface area contributed by atoms with E-state index in [4.69, 9.17) is 5.73 Å². The summed E-state index contributed by atoms with van der Waals surface area (Å²) in [6.07, 6.45) is 2.53. The minimum atomic E-state index is -0.480. The zero-order valence-electron chi connectivity index (χ0n) is 10.5. The maximum atomic E-state index is 11.9. The van der Waals surface area contributed by atoms with Crippen LogP contribution in [0, 0.1) is 17.0 Å². The molecule has 0 radical (unpaired) electrons. The average molecular weight is 273 g/mol. The van der Waals surface area contributed by atoms with Gasteiger partial charge in [-0.25, -0.2) is 9.97 Å². The molecular weight excluding hydrogens is 262 g/mol. The molecule has 1 aromatic heterocycles. The van der Waals surface area contributed by atoms with Crippen LogP contribution in [0.4, 0.5) is 17.2 Å². The van der Waals surface area contributed by atoms with Crippen LogP contribution < -0.4 is 11.1 Å². The minimum absolute atomic E-state index is 0.00437. The molecule has 1 aromatic carbocycles. The van der Waals surface area contributed by atoms with Crippen LogP contribution in [0.3, 0.4) is 0 Å². The highest BCUT2D eigenvalue weighted by Crippen LogP contribution is 2.21. The Kier molecular flexibility index (Phi) is 3.56. The van der Waals surface area contributed by atoms with Gasteiger partial charge in [0.2, 0.25) is 0 Å². The lowest BCUT2D eigenvalue weighted by molar-refractivity contribution is -0.385. The number of aryl methyl sites for hydroxylation is 1. The minimum Gasteiger partial charge on any atom is -0.382 e. The zero-order chi connectivity index (χ0) is 14.7. The standard InChI is InChI=1S/C12H11N5O3/c1-7-4-8(2-3-10(7)17(19)20)16-12(18)9-5-15-11(13)6-14-9/h2-6H,1H3,(H2,13,15)(H,16,18). The van der Waals surface area contributed by atoms with Gasteiger partial charge >= 0.3 is 0 Å². The third kappa shape index (κ3) is 2.86. The van der Waals surface area contributed by atoms with Crippen LogP contribution in [0.2, 0.25) is 0 Å². The van der Waals surface area contributed by atoms with E-state index in [0.717, 1.165) is 0 Å². The highest BCUT2D eigenvalue weighted by molar-refractivity contribution is 6.02. The van der Waals surface area contributed by atoms with E-state index in [1.165, 1.54) is 30.6 Å². The van der Waals surface area contributed by atoms with E-state index in [-0.39, 0.29) is 17.2 Å². The lowest BCUT2D eigenvalue weighted by atomic mass is 10.2. The Bertz CT molecular complexity index is 669. The number of hydrogen-bond acceptors (Lipinski definition) is 6. The molecule has 0 atom stereocenters. The van der Waals surface area contributed by atoms with Crippen molar-refractivity contribution >= 4 is 23.1 Å². The third-order valence-electron chi connectivity index (χ3n) is 2.56. The molecular formula is C12H11N5O3. The molecule has 1 heterocycles. The Morgan fingerprint density at radius 3 is 2.65 bits per heavy atom. The second-order valence-corrected chi connectivity index (χ2v) is 4.04. The molecule has 8 nitrogen and oxygen atoms in total. The summed E-state index contributed by atoms with van der Waals surface area (Å²) in [5.41, 5.74) is 6.37. The van der Waals surface area contributed by atoms with Crippen molar-refractivity contribution in [2.24, 2.45) is 0 Å². The lowest BCUT2D eigenvalue weighted by Crippen LogP contribution is -2.14. The van der Waals surface area contributed by atoms with Crippen molar-refractivity contribution in [2.45, 2.75) is 6.92 Å². The van der Waals surface area contributed by atoms with Crippen LogP contribution in [0.15, 0.2) is 30.6 Å². The fraction of sp³-hybridized carbons (Fsp3) is 0.0833. The van der Waals surface area contributed by atoms with Gasteiger partial charge in [0.05, 0.1) is 17.3 Å². The van der Waals surface area contributed by atoms with Gasteiger partial charge in [0.1, 0.15) is 11.5 Å². The van der Waals surface area contributed by atoms with E-state index in [2.05, 4.69) is 15.3 Å². The molecule has 8 heteroatoms. The second kappa shape index (κ2) is 5.31. The predicted octanol–water partition coefficient (Wildman–Crippen LogP) is 1.53. The van der Waals surface area contributed by atoms with Gasteiger partial charge in [-0.05, 0) is 19.1 Å². The van der Waals surface area contributed by atoms with Crippen molar-refractivity contribution in [3.8, 4) is 0 Å². The SMILES string of the molecule is Cc1cc(NC(=O)c2cnc(N)cn2)ccc1[N+](=O)[O-]. The lowest BCUT2D eigenvalue weighted by Gasteiger charge is -2.05. The van der Waals surface area contributed by atoms with Gasteiger partial charge < -0.3 is 11.1 Å². The molecule has 0 aliphatic rings. The monoisotopic (exact) mass is 273 g/mol. The molecule has 1 amide bonds. The van der Waals surface area contributed by atoms with Crippen molar-refractivity contribution in [1.82, 2.24) is 9.97 Å². The van der Waals surface area contributed by atoms with Crippen LogP contribution in [0.5, 0.6) is 0 Å². The highest BCUT2D eigenvalue weighted by Gasteiger charge is 2.13. The molecule has 0 unspecified atom stereocenters. The molecule has 102 valence electrons. The molecule has 2 rings (SSSR count). The summed E-state index contributed by atoms with van der Waals surface area (Å²) < 4.78 is 0. The highest BCUT2D eigenvalue weighted by atomic mass is 16.6. The molecule has 0 aliphatic heterocycles. The van der Waals surface area contributed by atoms with E-state index < -0.39 is 10.8 Å². The quantitative estimate of drug-likeness (QED) is 0.645. The van der Waals surface area contributed by atoms with Crippen LogP contribution >= 0.6 is 0 Å². The summed E-state index contributed by atoms with van der Waals surface area (Å²) in [6.45, 7) is 1.59. The van der Waals surface area contributed by atoms with E-state index >= 15 is 0 Å². The Hall–Kier alpha value is -3.03. The number of aromatic nitrogens is 2. The maximum Gasteiger partial charge on any atom is 0.275 e. The predicted molar refractivity (Wildman–Crippen MR) is 72.2 cm³/mol. The van der Waals surface area contributed by atoms with Crippen LogP contribution in [-0.2, 0) is 0 Å². The third-order valence-corrected chi connectivity index (χ3v) is 2.56. The fourth-order valence-corrected chi connectivity index (χ4v) is 1.59. The number of rotatable bonds is 3. The first kappa shape index (κ1) is 13.4. The summed E-state index contributed by atoms with van der Waals surface area (Å²) in [4.78, 5) is 29.7. The van der Waals surface area contributed by atoms with Gasteiger partial charge in [-0.3, -0.25) is 14.9 Å². The number of nitro groups is 1. The van der Waals surface area contributed by atoms with Crippen molar-refractivity contribution in [2.75, 3.05) is 11.1 Å². The Morgan fingerprint density at radius 1 is 1.35 bits per heavy atom. The molecule has 0 bridgehead atoms. The number of benzene rings is 1. The average Bonchev–Trinajstić information content (AvgIpc) is 2.39. The fourth-order valence-electron chi connectivity index (χ4n) is 1.59. The summed E-state index contributed by atoms with van der Waals surface area (Å²) in [6, 6.07) is 4.30. The van der Waals surface area contributed by atoms with E-state index in [1.807, 2.05) is 0 Å². The number of carbonyl (C=O) groups excluding carboxylic acids is 1. The number of hydrogen-bond donors (Lipinski definition) is 2. The van der Waals surface area contributed by atoms with E-state index in [1.54, 1.807) is 6.92 Å². The number of amides is 1. The smallest absolute Gasteiger partial charge is 0.275 e. The Balaban J connectivity index is 2.18. The number of carbonyl (C=O) groups is 1.